The topological polar surface area (TPSA) is 15.3 Å². The van der Waals surface area contributed by atoms with Crippen LogP contribution in [0.25, 0.3) is 0 Å². The molecule has 1 N–H and O–H groups in total. The fourth-order valence-electron chi connectivity index (χ4n) is 0.418. The van der Waals surface area contributed by atoms with E-state index in [9.17, 15) is 0 Å². The molecule has 4 heteroatoms. The SMILES string of the molecule is CSCCNC(=S)N(C)C. The molecule has 0 radical (unpaired) electrons. The monoisotopic (exact) mass is 178 g/mol. The summed E-state index contributed by atoms with van der Waals surface area (Å²) in [5.41, 5.74) is 0. The first-order valence-electron chi connectivity index (χ1n) is 3.12. The van der Waals surface area contributed by atoms with E-state index in [1.807, 2.05) is 30.8 Å². The first-order valence-corrected chi connectivity index (χ1v) is 4.92. The molecule has 0 aliphatic rings. The van der Waals surface area contributed by atoms with Crippen LogP contribution in [-0.4, -0.2) is 42.7 Å². The van der Waals surface area contributed by atoms with Crippen LogP contribution >= 0.6 is 24.0 Å². The summed E-state index contributed by atoms with van der Waals surface area (Å²) in [4.78, 5) is 1.90. The second-order valence-corrected chi connectivity index (χ2v) is 3.49. The van der Waals surface area contributed by atoms with Crippen molar-refractivity contribution in [3.8, 4) is 0 Å². The van der Waals surface area contributed by atoms with E-state index in [0.717, 1.165) is 17.4 Å². The summed E-state index contributed by atoms with van der Waals surface area (Å²) in [7, 11) is 3.88. The highest BCUT2D eigenvalue weighted by Gasteiger charge is 1.94. The van der Waals surface area contributed by atoms with Gasteiger partial charge < -0.3 is 10.2 Å². The number of nitrogens with one attached hydrogen (secondary N) is 1. The van der Waals surface area contributed by atoms with Crippen molar-refractivity contribution in [2.45, 2.75) is 0 Å². The largest absolute Gasteiger partial charge is 0.362 e. The van der Waals surface area contributed by atoms with Crippen molar-refractivity contribution in [3.63, 3.8) is 0 Å². The maximum absolute atomic E-state index is 5.00. The molecule has 0 atom stereocenters. The molecule has 0 spiro atoms. The van der Waals surface area contributed by atoms with E-state index < -0.39 is 0 Å². The number of thiocarbonyl (C=S) groups is 1. The lowest BCUT2D eigenvalue weighted by molar-refractivity contribution is 0.605. The Balaban J connectivity index is 3.22. The number of rotatable bonds is 3. The summed E-state index contributed by atoms with van der Waals surface area (Å²) >= 11 is 6.81. The first kappa shape index (κ1) is 10.0. The quantitative estimate of drug-likeness (QED) is 0.507. The molecule has 0 aromatic rings. The molecule has 0 amide bonds. The molecule has 0 aliphatic carbocycles. The molecular formula is C6H14N2S2. The normalized spacial score (nSPS) is 9.10. The Labute approximate surface area is 72.4 Å². The second-order valence-electron chi connectivity index (χ2n) is 2.12. The van der Waals surface area contributed by atoms with Gasteiger partial charge in [-0.1, -0.05) is 0 Å². The summed E-state index contributed by atoms with van der Waals surface area (Å²) < 4.78 is 0. The average Bonchev–Trinajstić information content (AvgIpc) is 1.88. The predicted octanol–water partition coefficient (Wildman–Crippen LogP) is 0.786. The van der Waals surface area contributed by atoms with Gasteiger partial charge in [0, 0.05) is 26.4 Å². The van der Waals surface area contributed by atoms with Crippen LogP contribution in [0.4, 0.5) is 0 Å². The van der Waals surface area contributed by atoms with Crippen LogP contribution in [0, 0.1) is 0 Å². The van der Waals surface area contributed by atoms with Crippen LogP contribution < -0.4 is 5.32 Å². The Morgan fingerprint density at radius 1 is 1.60 bits per heavy atom. The molecule has 0 heterocycles. The Hall–Kier alpha value is 0.0400. The van der Waals surface area contributed by atoms with Gasteiger partial charge in [0.15, 0.2) is 5.11 Å². The minimum atomic E-state index is 0.814. The Morgan fingerprint density at radius 2 is 2.20 bits per heavy atom. The molecule has 0 aliphatic heterocycles. The maximum Gasteiger partial charge on any atom is 0.168 e. The minimum Gasteiger partial charge on any atom is -0.362 e. The van der Waals surface area contributed by atoms with Crippen LogP contribution in [-0.2, 0) is 0 Å². The van der Waals surface area contributed by atoms with E-state index in [1.165, 1.54) is 0 Å². The zero-order chi connectivity index (χ0) is 7.98. The molecule has 0 aromatic carbocycles. The van der Waals surface area contributed by atoms with Gasteiger partial charge in [-0.2, -0.15) is 11.8 Å². The third-order valence-electron chi connectivity index (χ3n) is 0.989. The van der Waals surface area contributed by atoms with E-state index >= 15 is 0 Å². The number of hydrogen-bond acceptors (Lipinski definition) is 2. The zero-order valence-corrected chi connectivity index (χ0v) is 8.31. The molecule has 0 fully saturated rings. The summed E-state index contributed by atoms with van der Waals surface area (Å²) in [6.07, 6.45) is 2.08. The summed E-state index contributed by atoms with van der Waals surface area (Å²) in [5, 5.41) is 3.93. The van der Waals surface area contributed by atoms with Crippen molar-refractivity contribution in [2.24, 2.45) is 0 Å². The van der Waals surface area contributed by atoms with E-state index in [0.29, 0.717) is 0 Å². The lowest BCUT2D eigenvalue weighted by Gasteiger charge is -2.14. The highest BCUT2D eigenvalue weighted by atomic mass is 32.2. The van der Waals surface area contributed by atoms with Crippen LogP contribution in [0.15, 0.2) is 0 Å². The van der Waals surface area contributed by atoms with Crippen molar-refractivity contribution >= 4 is 29.1 Å². The fourth-order valence-corrected chi connectivity index (χ4v) is 0.826. The summed E-state index contributed by atoms with van der Waals surface area (Å²) in [5.74, 6) is 1.11. The number of hydrogen-bond donors (Lipinski definition) is 1. The van der Waals surface area contributed by atoms with Gasteiger partial charge in [-0.3, -0.25) is 0 Å². The van der Waals surface area contributed by atoms with Gasteiger partial charge >= 0.3 is 0 Å². The third kappa shape index (κ3) is 4.88. The fraction of sp³-hybridized carbons (Fsp3) is 0.833. The summed E-state index contributed by atoms with van der Waals surface area (Å²) in [6.45, 7) is 0.957. The predicted molar refractivity (Wildman–Crippen MR) is 52.7 cm³/mol. The van der Waals surface area contributed by atoms with Gasteiger partial charge in [0.05, 0.1) is 0 Å². The van der Waals surface area contributed by atoms with Gasteiger partial charge in [-0.15, -0.1) is 0 Å². The highest BCUT2D eigenvalue weighted by Crippen LogP contribution is 1.87. The van der Waals surface area contributed by atoms with Crippen LogP contribution in [0.5, 0.6) is 0 Å². The summed E-state index contributed by atoms with van der Waals surface area (Å²) in [6, 6.07) is 0. The van der Waals surface area contributed by atoms with Gasteiger partial charge in [0.2, 0.25) is 0 Å². The molecule has 0 rings (SSSR count). The molecule has 10 heavy (non-hydrogen) atoms. The molecule has 0 saturated heterocycles. The van der Waals surface area contributed by atoms with E-state index in [4.69, 9.17) is 12.2 Å². The van der Waals surface area contributed by atoms with Crippen molar-refractivity contribution in [1.29, 1.82) is 0 Å². The molecule has 0 saturated carbocycles. The zero-order valence-electron chi connectivity index (χ0n) is 6.68. The van der Waals surface area contributed by atoms with E-state index in [1.54, 1.807) is 0 Å². The van der Waals surface area contributed by atoms with Gasteiger partial charge in [-0.25, -0.2) is 0 Å². The van der Waals surface area contributed by atoms with Crippen molar-refractivity contribution < 1.29 is 0 Å². The maximum atomic E-state index is 5.00. The van der Waals surface area contributed by atoms with Crippen molar-refractivity contribution in [1.82, 2.24) is 10.2 Å². The van der Waals surface area contributed by atoms with Gasteiger partial charge in [0.1, 0.15) is 0 Å². The lowest BCUT2D eigenvalue weighted by Crippen LogP contribution is -2.35. The molecule has 60 valence electrons. The lowest BCUT2D eigenvalue weighted by atomic mass is 10.7. The van der Waals surface area contributed by atoms with E-state index in [-0.39, 0.29) is 0 Å². The highest BCUT2D eigenvalue weighted by molar-refractivity contribution is 7.98. The van der Waals surface area contributed by atoms with Gasteiger partial charge in [-0.05, 0) is 18.5 Å². The van der Waals surface area contributed by atoms with Crippen LogP contribution in [0.3, 0.4) is 0 Å². The number of nitrogens with zero attached hydrogens (tertiary/aromatic N) is 1. The third-order valence-corrected chi connectivity index (χ3v) is 2.11. The van der Waals surface area contributed by atoms with Gasteiger partial charge in [0.25, 0.3) is 0 Å². The standard InChI is InChI=1S/C6H14N2S2/c1-8(2)6(9)7-4-5-10-3/h4-5H2,1-3H3,(H,7,9). The second kappa shape index (κ2) is 5.80. The Bertz CT molecular complexity index is 104. The Morgan fingerprint density at radius 3 is 2.60 bits per heavy atom. The number of thioether (sulfide) groups is 1. The molecule has 0 unspecified atom stereocenters. The average molecular weight is 178 g/mol. The van der Waals surface area contributed by atoms with E-state index in [2.05, 4.69) is 11.6 Å². The molecule has 2 nitrogen and oxygen atoms in total. The molecule has 0 bridgehead atoms. The van der Waals surface area contributed by atoms with Crippen LogP contribution in [0.1, 0.15) is 0 Å². The van der Waals surface area contributed by atoms with Crippen molar-refractivity contribution in [2.75, 3.05) is 32.6 Å². The molecular weight excluding hydrogens is 164 g/mol. The smallest absolute Gasteiger partial charge is 0.168 e. The Kier molecular flexibility index (Phi) is 5.82. The molecule has 0 aromatic heterocycles. The first-order chi connectivity index (χ1) is 4.68. The van der Waals surface area contributed by atoms with Crippen LogP contribution in [0.2, 0.25) is 0 Å². The van der Waals surface area contributed by atoms with Crippen molar-refractivity contribution in [3.05, 3.63) is 0 Å². The minimum absolute atomic E-state index is 0.814.